The minimum atomic E-state index is -1.16. The molecule has 23 heavy (non-hydrogen) atoms. The molecule has 1 amide bonds. The number of benzene rings is 1. The van der Waals surface area contributed by atoms with Gasteiger partial charge in [0, 0.05) is 5.75 Å². The summed E-state index contributed by atoms with van der Waals surface area (Å²) in [7, 11) is 0. The Morgan fingerprint density at radius 2 is 1.91 bits per heavy atom. The number of amides is 1. The van der Waals surface area contributed by atoms with Crippen LogP contribution in [0.15, 0.2) is 24.3 Å². The molecule has 0 bridgehead atoms. The molecular formula is C16H21NO5S. The first-order chi connectivity index (χ1) is 11.1. The number of ether oxygens (including phenoxy) is 2. The molecule has 1 aliphatic rings. The molecule has 0 aliphatic carbocycles. The lowest BCUT2D eigenvalue weighted by Gasteiger charge is -2.24. The first kappa shape index (κ1) is 17.5. The molecular weight excluding hydrogens is 318 g/mol. The predicted molar refractivity (Wildman–Crippen MR) is 88.2 cm³/mol. The number of rotatable bonds is 8. The van der Waals surface area contributed by atoms with Crippen molar-refractivity contribution in [2.75, 3.05) is 24.7 Å². The second-order valence-corrected chi connectivity index (χ2v) is 6.45. The summed E-state index contributed by atoms with van der Waals surface area (Å²) in [6, 6.07) is 6.98. The second kappa shape index (κ2) is 8.10. The van der Waals surface area contributed by atoms with Gasteiger partial charge in [-0.1, -0.05) is 6.92 Å². The third-order valence-electron chi connectivity index (χ3n) is 3.48. The Hall–Kier alpha value is -1.89. The molecule has 1 aromatic carbocycles. The number of nitrogens with one attached hydrogen (secondary N) is 1. The fourth-order valence-corrected chi connectivity index (χ4v) is 3.52. The predicted octanol–water partition coefficient (Wildman–Crippen LogP) is 1.93. The van der Waals surface area contributed by atoms with Gasteiger partial charge in [0.25, 0.3) is 5.91 Å². The number of carbonyl (C=O) groups is 2. The molecule has 1 fully saturated rings. The van der Waals surface area contributed by atoms with Gasteiger partial charge >= 0.3 is 5.97 Å². The summed E-state index contributed by atoms with van der Waals surface area (Å²) in [5.41, 5.74) is -1.16. The topological polar surface area (TPSA) is 84.9 Å². The molecule has 7 heteroatoms. The lowest BCUT2D eigenvalue weighted by molar-refractivity contribution is -0.146. The van der Waals surface area contributed by atoms with Crippen molar-refractivity contribution in [3.05, 3.63) is 24.3 Å². The maximum absolute atomic E-state index is 12.0. The largest absolute Gasteiger partial charge is 0.494 e. The number of carboxylic acids is 1. The number of hydrogen-bond donors (Lipinski definition) is 2. The number of hydrogen-bond acceptors (Lipinski definition) is 5. The minimum absolute atomic E-state index is 0.213. The van der Waals surface area contributed by atoms with Gasteiger partial charge < -0.3 is 19.9 Å². The average molecular weight is 339 g/mol. The van der Waals surface area contributed by atoms with Crippen LogP contribution in [0.25, 0.3) is 0 Å². The minimum Gasteiger partial charge on any atom is -0.494 e. The van der Waals surface area contributed by atoms with Crippen LogP contribution in [0, 0.1) is 0 Å². The summed E-state index contributed by atoms with van der Waals surface area (Å²) in [6.45, 7) is 2.47. The highest BCUT2D eigenvalue weighted by molar-refractivity contribution is 7.99. The van der Waals surface area contributed by atoms with E-state index in [1.807, 2.05) is 6.92 Å². The molecule has 1 saturated heterocycles. The quantitative estimate of drug-likeness (QED) is 0.753. The van der Waals surface area contributed by atoms with Crippen LogP contribution in [0.3, 0.4) is 0 Å². The molecule has 0 aromatic heterocycles. The molecule has 2 rings (SSSR count). The Bertz CT molecular complexity index is 540. The van der Waals surface area contributed by atoms with Crippen LogP contribution in [0.4, 0.5) is 0 Å². The first-order valence-corrected chi connectivity index (χ1v) is 8.69. The van der Waals surface area contributed by atoms with Crippen LogP contribution >= 0.6 is 11.8 Å². The van der Waals surface area contributed by atoms with Crippen molar-refractivity contribution in [2.24, 2.45) is 0 Å². The van der Waals surface area contributed by atoms with Crippen LogP contribution in [-0.4, -0.2) is 47.2 Å². The van der Waals surface area contributed by atoms with Crippen LogP contribution in [0.2, 0.25) is 0 Å². The summed E-state index contributed by atoms with van der Waals surface area (Å²) >= 11 is 1.52. The standard InChI is InChI=1S/C16H21NO5S/c1-2-8-21-12-3-5-13(6-4-12)22-10-14(18)17-16(15(19)20)7-9-23-11-16/h3-6H,2,7-11H2,1H3,(H,17,18)(H,19,20). The Kier molecular flexibility index (Phi) is 6.15. The SMILES string of the molecule is CCCOc1ccc(OCC(=O)NC2(C(=O)O)CCSC2)cc1. The van der Waals surface area contributed by atoms with E-state index in [0.29, 0.717) is 24.5 Å². The fraction of sp³-hybridized carbons (Fsp3) is 0.500. The third-order valence-corrected chi connectivity index (χ3v) is 4.67. The monoisotopic (exact) mass is 339 g/mol. The fourth-order valence-electron chi connectivity index (χ4n) is 2.19. The second-order valence-electron chi connectivity index (χ2n) is 5.35. The molecule has 1 aliphatic heterocycles. The van der Waals surface area contributed by atoms with E-state index in [9.17, 15) is 14.7 Å². The van der Waals surface area contributed by atoms with Gasteiger partial charge in [-0.15, -0.1) is 0 Å². The lowest BCUT2D eigenvalue weighted by atomic mass is 9.99. The van der Waals surface area contributed by atoms with Gasteiger partial charge in [-0.3, -0.25) is 4.79 Å². The molecule has 1 unspecified atom stereocenters. The Balaban J connectivity index is 1.83. The summed E-state index contributed by atoms with van der Waals surface area (Å²) in [6.07, 6.45) is 1.37. The van der Waals surface area contributed by atoms with Crippen molar-refractivity contribution in [1.82, 2.24) is 5.32 Å². The van der Waals surface area contributed by atoms with E-state index in [1.165, 1.54) is 11.8 Å². The Labute approximate surface area is 139 Å². The zero-order valence-electron chi connectivity index (χ0n) is 13.0. The van der Waals surface area contributed by atoms with Crippen LogP contribution < -0.4 is 14.8 Å². The van der Waals surface area contributed by atoms with Gasteiger partial charge in [-0.2, -0.15) is 11.8 Å². The maximum Gasteiger partial charge on any atom is 0.330 e. The lowest BCUT2D eigenvalue weighted by Crippen LogP contribution is -2.55. The molecule has 1 atom stereocenters. The van der Waals surface area contributed by atoms with E-state index in [1.54, 1.807) is 24.3 Å². The van der Waals surface area contributed by atoms with E-state index >= 15 is 0 Å². The Morgan fingerprint density at radius 1 is 1.26 bits per heavy atom. The highest BCUT2D eigenvalue weighted by atomic mass is 32.2. The molecule has 6 nitrogen and oxygen atoms in total. The van der Waals surface area contributed by atoms with Crippen molar-refractivity contribution < 1.29 is 24.2 Å². The summed E-state index contributed by atoms with van der Waals surface area (Å²) in [5, 5.41) is 11.9. The van der Waals surface area contributed by atoms with Crippen molar-refractivity contribution in [1.29, 1.82) is 0 Å². The van der Waals surface area contributed by atoms with Gasteiger partial charge in [0.2, 0.25) is 0 Å². The summed E-state index contributed by atoms with van der Waals surface area (Å²) < 4.78 is 10.9. The number of carbonyl (C=O) groups excluding carboxylic acids is 1. The highest BCUT2D eigenvalue weighted by Crippen LogP contribution is 2.28. The van der Waals surface area contributed by atoms with Gasteiger partial charge in [0.15, 0.2) is 6.61 Å². The zero-order valence-corrected chi connectivity index (χ0v) is 13.9. The molecule has 2 N–H and O–H groups in total. The normalized spacial score (nSPS) is 20.0. The molecule has 0 saturated carbocycles. The maximum atomic E-state index is 12.0. The van der Waals surface area contributed by atoms with Crippen molar-refractivity contribution in [3.8, 4) is 11.5 Å². The van der Waals surface area contributed by atoms with Crippen LogP contribution in [0.5, 0.6) is 11.5 Å². The first-order valence-electron chi connectivity index (χ1n) is 7.53. The Morgan fingerprint density at radius 3 is 2.43 bits per heavy atom. The van der Waals surface area contributed by atoms with E-state index in [2.05, 4.69) is 5.32 Å². The number of thioether (sulfide) groups is 1. The van der Waals surface area contributed by atoms with Crippen molar-refractivity contribution >= 4 is 23.6 Å². The van der Waals surface area contributed by atoms with Gasteiger partial charge in [-0.05, 0) is 42.9 Å². The van der Waals surface area contributed by atoms with E-state index in [0.717, 1.165) is 17.9 Å². The third kappa shape index (κ3) is 4.79. The summed E-state index contributed by atoms with van der Waals surface area (Å²) in [4.78, 5) is 23.3. The van der Waals surface area contributed by atoms with Crippen molar-refractivity contribution in [3.63, 3.8) is 0 Å². The molecule has 1 heterocycles. The van der Waals surface area contributed by atoms with E-state index < -0.39 is 17.4 Å². The van der Waals surface area contributed by atoms with E-state index in [4.69, 9.17) is 9.47 Å². The van der Waals surface area contributed by atoms with Gasteiger partial charge in [-0.25, -0.2) is 4.79 Å². The van der Waals surface area contributed by atoms with Crippen LogP contribution in [0.1, 0.15) is 19.8 Å². The molecule has 126 valence electrons. The van der Waals surface area contributed by atoms with Crippen molar-refractivity contribution in [2.45, 2.75) is 25.3 Å². The van der Waals surface area contributed by atoms with Gasteiger partial charge in [0.1, 0.15) is 17.0 Å². The summed E-state index contributed by atoms with van der Waals surface area (Å²) in [5.74, 6) is 0.976. The van der Waals surface area contributed by atoms with Crippen LogP contribution in [-0.2, 0) is 9.59 Å². The number of aliphatic carboxylic acids is 1. The molecule has 0 radical (unpaired) electrons. The van der Waals surface area contributed by atoms with Gasteiger partial charge in [0.05, 0.1) is 6.61 Å². The average Bonchev–Trinajstić information content (AvgIpc) is 3.02. The molecule has 0 spiro atoms. The highest BCUT2D eigenvalue weighted by Gasteiger charge is 2.43. The molecule has 1 aromatic rings. The number of carboxylic acid groups (broad SMARTS) is 1. The van der Waals surface area contributed by atoms with E-state index in [-0.39, 0.29) is 6.61 Å². The smallest absolute Gasteiger partial charge is 0.330 e. The zero-order chi connectivity index (χ0) is 16.7.